The van der Waals surface area contributed by atoms with Crippen molar-refractivity contribution in [3.05, 3.63) is 167 Å². The maximum atomic E-state index is 16.5. The summed E-state index contributed by atoms with van der Waals surface area (Å²) in [4.78, 5) is 0. The minimum Gasteiger partial charge on any atom is -0.318 e. The van der Waals surface area contributed by atoms with Crippen LogP contribution in [0.1, 0.15) is 101 Å². The van der Waals surface area contributed by atoms with Gasteiger partial charge >= 0.3 is 0 Å². The van der Waals surface area contributed by atoms with Crippen molar-refractivity contribution in [3.8, 4) is 67.3 Å². The van der Waals surface area contributed by atoms with Crippen LogP contribution >= 0.6 is 0 Å². The van der Waals surface area contributed by atoms with Crippen LogP contribution in [0.2, 0.25) is 0 Å². The Morgan fingerprint density at radius 3 is 0.676 bits per heavy atom. The van der Waals surface area contributed by atoms with Gasteiger partial charge in [0.05, 0.1) is 0 Å². The van der Waals surface area contributed by atoms with E-state index in [2.05, 4.69) is 27.7 Å². The van der Waals surface area contributed by atoms with Gasteiger partial charge < -0.3 is 18.3 Å². The van der Waals surface area contributed by atoms with Gasteiger partial charge in [-0.05, 0) is 120 Å². The highest BCUT2D eigenvalue weighted by molar-refractivity contribution is 5.86. The van der Waals surface area contributed by atoms with Gasteiger partial charge in [0.25, 0.3) is 0 Å². The molecule has 68 heavy (non-hydrogen) atoms. The molecule has 4 aromatic heterocycles. The Kier molecular flexibility index (Phi) is 13.1. The monoisotopic (exact) mass is 932 g/mol. The summed E-state index contributed by atoms with van der Waals surface area (Å²) >= 11 is 0. The van der Waals surface area contributed by atoms with Crippen molar-refractivity contribution in [1.29, 1.82) is 0 Å². The summed E-state index contributed by atoms with van der Waals surface area (Å²) in [6.07, 6.45) is 20.6. The summed E-state index contributed by atoms with van der Waals surface area (Å²) in [5, 5.41) is 0. The van der Waals surface area contributed by atoms with Crippen LogP contribution in [0.25, 0.3) is 67.3 Å². The maximum absolute atomic E-state index is 16.5. The summed E-state index contributed by atoms with van der Waals surface area (Å²) in [6, 6.07) is 14.0. The first-order valence-corrected chi connectivity index (χ1v) is 23.7. The van der Waals surface area contributed by atoms with Gasteiger partial charge in [0, 0.05) is 71.8 Å². The number of aryl methyl sites for hydroxylation is 4. The standard InChI is InChI=1S/C56H52F8N4/c1-5-9-13-33-25-41-37-17-21-65(29-37)53-45(57)47(59)55(48(60)46(53)58)67-23-19-39(31-67)43-27-35(15-11-7-3)36(16-12-8-4)28-44(43)40-20-24-68(32-40)56-51(63)49(61)54(50(62)52(56)64)66-22-18-38(30-66)42(41)26-34(33)14-10-6-2/h17-32H,5-16H2,1-4H3. The molecule has 0 saturated carbocycles. The minimum absolute atomic E-state index is 0.417. The fourth-order valence-electron chi connectivity index (χ4n) is 9.64. The van der Waals surface area contributed by atoms with E-state index >= 15 is 35.1 Å². The summed E-state index contributed by atoms with van der Waals surface area (Å²) in [5.74, 6) is -12.8. The lowest BCUT2D eigenvalue weighted by atomic mass is 9.88. The van der Waals surface area contributed by atoms with Crippen molar-refractivity contribution in [2.45, 2.75) is 105 Å². The molecule has 0 unspecified atom stereocenters. The number of hydrogen-bond acceptors (Lipinski definition) is 0. The van der Waals surface area contributed by atoms with Crippen molar-refractivity contribution >= 4 is 0 Å². The Labute approximate surface area is 391 Å². The number of benzene rings is 4. The van der Waals surface area contributed by atoms with E-state index < -0.39 is 69.3 Å². The molecule has 0 spiro atoms. The van der Waals surface area contributed by atoms with Crippen LogP contribution in [0.3, 0.4) is 0 Å². The fourth-order valence-corrected chi connectivity index (χ4v) is 9.64. The van der Waals surface area contributed by atoms with E-state index in [1.165, 1.54) is 49.6 Å². The molecule has 0 fully saturated rings. The Bertz CT molecular complexity index is 2700. The summed E-state index contributed by atoms with van der Waals surface area (Å²) in [5.41, 5.74) is 4.12. The van der Waals surface area contributed by atoms with E-state index in [1.54, 1.807) is 24.3 Å². The number of unbranched alkanes of at least 4 members (excludes halogenated alkanes) is 4. The predicted molar refractivity (Wildman–Crippen MR) is 253 cm³/mol. The minimum atomic E-state index is -1.60. The van der Waals surface area contributed by atoms with Gasteiger partial charge in [0.1, 0.15) is 22.7 Å². The van der Waals surface area contributed by atoms with E-state index in [9.17, 15) is 0 Å². The normalized spacial score (nSPS) is 11.9. The van der Waals surface area contributed by atoms with Crippen LogP contribution in [-0.4, -0.2) is 18.3 Å². The van der Waals surface area contributed by atoms with Crippen LogP contribution in [-0.2, 0) is 25.7 Å². The molecule has 4 aliphatic heterocycles. The van der Waals surface area contributed by atoms with Gasteiger partial charge in [-0.25, -0.2) is 35.1 Å². The molecule has 0 saturated heterocycles. The topological polar surface area (TPSA) is 19.7 Å². The number of hydrogen-bond donors (Lipinski definition) is 0. The van der Waals surface area contributed by atoms with E-state index in [-0.39, 0.29) is 0 Å². The molecule has 352 valence electrons. The second kappa shape index (κ2) is 19.2. The summed E-state index contributed by atoms with van der Waals surface area (Å²) < 4.78 is 136. The van der Waals surface area contributed by atoms with Crippen molar-refractivity contribution in [2.75, 3.05) is 0 Å². The quantitative estimate of drug-likeness (QED) is 0.0859. The van der Waals surface area contributed by atoms with Crippen LogP contribution in [0.15, 0.2) is 98.1 Å². The van der Waals surface area contributed by atoms with E-state index in [0.29, 0.717) is 70.2 Å². The Morgan fingerprint density at radius 1 is 0.309 bits per heavy atom. The van der Waals surface area contributed by atoms with Gasteiger partial charge in [-0.15, -0.1) is 0 Å². The van der Waals surface area contributed by atoms with E-state index in [1.807, 2.05) is 24.3 Å². The molecule has 12 rings (SSSR count). The zero-order valence-corrected chi connectivity index (χ0v) is 38.5. The van der Waals surface area contributed by atoms with Crippen LogP contribution in [0.5, 0.6) is 0 Å². The van der Waals surface area contributed by atoms with Gasteiger partial charge in [-0.3, -0.25) is 0 Å². The lowest BCUT2D eigenvalue weighted by Crippen LogP contribution is -2.11. The Balaban J connectivity index is 1.32. The number of rotatable bonds is 12. The molecular formula is C56H52F8N4. The zero-order valence-electron chi connectivity index (χ0n) is 38.5. The van der Waals surface area contributed by atoms with Crippen LogP contribution < -0.4 is 0 Å². The molecule has 8 aromatic rings. The van der Waals surface area contributed by atoms with Gasteiger partial charge in [0.15, 0.2) is 46.5 Å². The van der Waals surface area contributed by atoms with Gasteiger partial charge in [-0.2, -0.15) is 0 Å². The molecule has 0 N–H and O–H groups in total. The first kappa shape index (κ1) is 46.5. The number of aromatic nitrogens is 4. The second-order valence-electron chi connectivity index (χ2n) is 17.9. The molecule has 12 heteroatoms. The molecule has 0 aliphatic carbocycles. The molecule has 0 amide bonds. The maximum Gasteiger partial charge on any atom is 0.188 e. The molecule has 4 nitrogen and oxygen atoms in total. The fraction of sp³-hybridized carbons (Fsp3) is 0.286. The first-order chi connectivity index (χ1) is 32.9. The van der Waals surface area contributed by atoms with Gasteiger partial charge in [-0.1, -0.05) is 77.6 Å². The predicted octanol–water partition coefficient (Wildman–Crippen LogP) is 16.3. The lowest BCUT2D eigenvalue weighted by molar-refractivity contribution is 0.442. The second-order valence-corrected chi connectivity index (χ2v) is 17.9. The third-order valence-electron chi connectivity index (χ3n) is 13.4. The summed E-state index contributed by atoms with van der Waals surface area (Å²) in [6.45, 7) is 8.28. The molecule has 8 heterocycles. The van der Waals surface area contributed by atoms with Crippen molar-refractivity contribution in [2.24, 2.45) is 0 Å². The van der Waals surface area contributed by atoms with Crippen LogP contribution in [0, 0.1) is 46.5 Å². The average Bonchev–Trinajstić information content (AvgIpc) is 4.19. The molecule has 4 aliphatic rings. The lowest BCUT2D eigenvalue weighted by Gasteiger charge is -2.17. The highest BCUT2D eigenvalue weighted by atomic mass is 19.2. The third-order valence-corrected chi connectivity index (χ3v) is 13.4. The third kappa shape index (κ3) is 8.19. The SMILES string of the molecule is CCCCc1cc2c(cc1CCCC)-c1ccn(c1)-c1c(F)c(F)c(c(F)c1F)-n1ccc(c1)-c1cc(CCCC)c(CCCC)cc1-c1ccn(c1)-c1c(F)c(F)c(c(F)c1F)-n1ccc-2c1. The molecule has 12 bridgehead atoms. The molecular weight excluding hydrogens is 881 g/mol. The zero-order chi connectivity index (χ0) is 48.0. The highest BCUT2D eigenvalue weighted by Gasteiger charge is 2.31. The van der Waals surface area contributed by atoms with Crippen molar-refractivity contribution in [1.82, 2.24) is 18.3 Å². The van der Waals surface area contributed by atoms with E-state index in [4.69, 9.17) is 0 Å². The Hall–Kier alpha value is -6.56. The number of nitrogens with zero attached hydrogens (tertiary/aromatic N) is 4. The Morgan fingerprint density at radius 2 is 0.500 bits per heavy atom. The van der Waals surface area contributed by atoms with E-state index in [0.717, 1.165) is 91.9 Å². The van der Waals surface area contributed by atoms with Crippen molar-refractivity contribution in [3.63, 3.8) is 0 Å². The average molecular weight is 933 g/mol. The van der Waals surface area contributed by atoms with Gasteiger partial charge in [0.2, 0.25) is 0 Å². The molecule has 4 aromatic carbocycles. The molecule has 0 radical (unpaired) electrons. The highest BCUT2D eigenvalue weighted by Crippen LogP contribution is 2.42. The van der Waals surface area contributed by atoms with Crippen LogP contribution in [0.4, 0.5) is 35.1 Å². The smallest absolute Gasteiger partial charge is 0.188 e. The van der Waals surface area contributed by atoms with Crippen molar-refractivity contribution < 1.29 is 35.1 Å². The largest absolute Gasteiger partial charge is 0.318 e. The number of halogens is 8. The first-order valence-electron chi connectivity index (χ1n) is 23.7. The molecule has 0 atom stereocenters. The summed E-state index contributed by atoms with van der Waals surface area (Å²) in [7, 11) is 0.